The molecule has 7 heteroatoms. The van der Waals surface area contributed by atoms with E-state index < -0.39 is 31.0 Å². The van der Waals surface area contributed by atoms with Gasteiger partial charge in [0.15, 0.2) is 5.92 Å². The minimum Gasteiger partial charge on any atom is -0.377 e. The molecule has 0 radical (unpaired) electrons. The molecule has 116 valence electrons. The maximum absolute atomic E-state index is 12.3. The molecule has 0 fully saturated rings. The molecule has 0 aliphatic rings. The third kappa shape index (κ3) is 7.03. The lowest BCUT2D eigenvalue weighted by molar-refractivity contribution is -0.296. The van der Waals surface area contributed by atoms with Crippen LogP contribution in [0.5, 0.6) is 0 Å². The van der Waals surface area contributed by atoms with E-state index in [2.05, 4.69) is 0 Å². The van der Waals surface area contributed by atoms with Crippen LogP contribution in [0.3, 0.4) is 0 Å². The van der Waals surface area contributed by atoms with Crippen LogP contribution < -0.4 is 0 Å². The third-order valence-electron chi connectivity index (χ3n) is 3.16. The lowest BCUT2D eigenvalue weighted by atomic mass is 9.97. The summed E-state index contributed by atoms with van der Waals surface area (Å²) < 4.78 is 78.3. The SMILES string of the molecule is CCC(CC)CC(C)OCC(C(F)(F)F)C(F)(F)F. The van der Waals surface area contributed by atoms with Gasteiger partial charge in [0, 0.05) is 0 Å². The first-order valence-corrected chi connectivity index (χ1v) is 6.27. The van der Waals surface area contributed by atoms with Crippen molar-refractivity contribution in [2.75, 3.05) is 6.61 Å². The Morgan fingerprint density at radius 1 is 0.895 bits per heavy atom. The van der Waals surface area contributed by atoms with E-state index in [1.807, 2.05) is 13.8 Å². The summed E-state index contributed by atoms with van der Waals surface area (Å²) in [5.41, 5.74) is 0. The Hall–Kier alpha value is -0.460. The summed E-state index contributed by atoms with van der Waals surface area (Å²) in [6.07, 6.45) is -9.15. The van der Waals surface area contributed by atoms with Crippen LogP contribution in [0.4, 0.5) is 26.3 Å². The Morgan fingerprint density at radius 3 is 1.63 bits per heavy atom. The molecule has 0 aromatic heterocycles. The van der Waals surface area contributed by atoms with E-state index >= 15 is 0 Å². The van der Waals surface area contributed by atoms with Crippen molar-refractivity contribution in [3.05, 3.63) is 0 Å². The van der Waals surface area contributed by atoms with Gasteiger partial charge < -0.3 is 4.74 Å². The van der Waals surface area contributed by atoms with Crippen LogP contribution in [0.15, 0.2) is 0 Å². The monoisotopic (exact) mass is 294 g/mol. The molecule has 0 N–H and O–H groups in total. The lowest BCUT2D eigenvalue weighted by Crippen LogP contribution is -2.40. The summed E-state index contributed by atoms with van der Waals surface area (Å²) in [4.78, 5) is 0. The topological polar surface area (TPSA) is 9.23 Å². The minimum atomic E-state index is -5.33. The second-order valence-corrected chi connectivity index (χ2v) is 4.70. The predicted octanol–water partition coefficient (Wildman–Crippen LogP) is 4.96. The first-order chi connectivity index (χ1) is 8.52. The standard InChI is InChI=1S/C12H20F6O/c1-4-9(5-2)6-8(3)19-7-10(11(13,14)15)12(16,17)18/h8-10H,4-7H2,1-3H3. The van der Waals surface area contributed by atoms with Gasteiger partial charge >= 0.3 is 12.4 Å². The van der Waals surface area contributed by atoms with E-state index in [-0.39, 0.29) is 5.92 Å². The van der Waals surface area contributed by atoms with Gasteiger partial charge in [-0.25, -0.2) is 0 Å². The molecular weight excluding hydrogens is 274 g/mol. The molecule has 0 amide bonds. The molecule has 0 heterocycles. The van der Waals surface area contributed by atoms with Crippen LogP contribution >= 0.6 is 0 Å². The Labute approximate surface area is 109 Å². The van der Waals surface area contributed by atoms with Crippen LogP contribution in [0.25, 0.3) is 0 Å². The van der Waals surface area contributed by atoms with Crippen molar-refractivity contribution < 1.29 is 31.1 Å². The van der Waals surface area contributed by atoms with E-state index in [1.54, 1.807) is 0 Å². The fourth-order valence-corrected chi connectivity index (χ4v) is 1.79. The first kappa shape index (κ1) is 18.5. The second-order valence-electron chi connectivity index (χ2n) is 4.70. The maximum atomic E-state index is 12.3. The van der Waals surface area contributed by atoms with Crippen LogP contribution in [0, 0.1) is 11.8 Å². The van der Waals surface area contributed by atoms with Crippen LogP contribution in [-0.4, -0.2) is 25.1 Å². The average Bonchev–Trinajstić information content (AvgIpc) is 2.22. The zero-order valence-electron chi connectivity index (χ0n) is 11.2. The first-order valence-electron chi connectivity index (χ1n) is 6.27. The van der Waals surface area contributed by atoms with Crippen molar-refractivity contribution in [3.8, 4) is 0 Å². The van der Waals surface area contributed by atoms with Crippen LogP contribution in [0.2, 0.25) is 0 Å². The van der Waals surface area contributed by atoms with Gasteiger partial charge in [-0.2, -0.15) is 26.3 Å². The van der Waals surface area contributed by atoms with Gasteiger partial charge in [-0.15, -0.1) is 0 Å². The Balaban J connectivity index is 4.41. The predicted molar refractivity (Wildman–Crippen MR) is 59.7 cm³/mol. The fourth-order valence-electron chi connectivity index (χ4n) is 1.79. The number of hydrogen-bond donors (Lipinski definition) is 0. The van der Waals surface area contributed by atoms with Crippen molar-refractivity contribution in [1.82, 2.24) is 0 Å². The molecule has 0 aromatic rings. The Bertz CT molecular complexity index is 230. The summed E-state index contributed by atoms with van der Waals surface area (Å²) in [6, 6.07) is 0. The summed E-state index contributed by atoms with van der Waals surface area (Å²) in [6.45, 7) is 3.99. The van der Waals surface area contributed by atoms with Crippen molar-refractivity contribution >= 4 is 0 Å². The van der Waals surface area contributed by atoms with Crippen LogP contribution in [0.1, 0.15) is 40.0 Å². The van der Waals surface area contributed by atoms with E-state index in [0.717, 1.165) is 12.8 Å². The molecule has 0 aromatic carbocycles. The average molecular weight is 294 g/mol. The summed E-state index contributed by atoms with van der Waals surface area (Å²) in [5.74, 6) is -3.16. The number of halogens is 6. The largest absolute Gasteiger partial charge is 0.402 e. The number of rotatable bonds is 7. The molecule has 0 spiro atoms. The summed E-state index contributed by atoms with van der Waals surface area (Å²) >= 11 is 0. The number of ether oxygens (including phenoxy) is 1. The van der Waals surface area contributed by atoms with Crippen molar-refractivity contribution in [3.63, 3.8) is 0 Å². The van der Waals surface area contributed by atoms with E-state index in [4.69, 9.17) is 4.74 Å². The van der Waals surface area contributed by atoms with Crippen molar-refractivity contribution in [2.24, 2.45) is 11.8 Å². The highest BCUT2D eigenvalue weighted by molar-refractivity contribution is 4.75. The van der Waals surface area contributed by atoms with Gasteiger partial charge in [0.05, 0.1) is 12.7 Å². The van der Waals surface area contributed by atoms with E-state index in [9.17, 15) is 26.3 Å². The van der Waals surface area contributed by atoms with E-state index in [1.165, 1.54) is 6.92 Å². The Morgan fingerprint density at radius 2 is 1.32 bits per heavy atom. The van der Waals surface area contributed by atoms with Crippen LogP contribution in [-0.2, 0) is 4.74 Å². The van der Waals surface area contributed by atoms with Gasteiger partial charge in [0.2, 0.25) is 0 Å². The fraction of sp³-hybridized carbons (Fsp3) is 1.00. The molecule has 0 rings (SSSR count). The highest BCUT2D eigenvalue weighted by atomic mass is 19.4. The highest BCUT2D eigenvalue weighted by Gasteiger charge is 2.56. The smallest absolute Gasteiger partial charge is 0.377 e. The van der Waals surface area contributed by atoms with Gasteiger partial charge in [-0.1, -0.05) is 26.7 Å². The van der Waals surface area contributed by atoms with Gasteiger partial charge in [0.25, 0.3) is 0 Å². The minimum absolute atomic E-state index is 0.255. The zero-order chi connectivity index (χ0) is 15.3. The second kappa shape index (κ2) is 7.36. The maximum Gasteiger partial charge on any atom is 0.402 e. The molecule has 0 saturated heterocycles. The number of hydrogen-bond acceptors (Lipinski definition) is 1. The molecule has 1 atom stereocenters. The molecule has 1 nitrogen and oxygen atoms in total. The number of alkyl halides is 6. The Kier molecular flexibility index (Phi) is 7.18. The molecule has 1 unspecified atom stereocenters. The third-order valence-corrected chi connectivity index (χ3v) is 3.16. The highest BCUT2D eigenvalue weighted by Crippen LogP contribution is 2.39. The van der Waals surface area contributed by atoms with Gasteiger partial charge in [0.1, 0.15) is 0 Å². The van der Waals surface area contributed by atoms with Crippen molar-refractivity contribution in [1.29, 1.82) is 0 Å². The zero-order valence-corrected chi connectivity index (χ0v) is 11.2. The molecule has 0 aliphatic carbocycles. The van der Waals surface area contributed by atoms with Gasteiger partial charge in [-0.05, 0) is 19.3 Å². The van der Waals surface area contributed by atoms with E-state index in [0.29, 0.717) is 6.42 Å². The lowest BCUT2D eigenvalue weighted by Gasteiger charge is -2.25. The normalized spacial score (nSPS) is 15.3. The molecule has 0 saturated carbocycles. The molecular formula is C12H20F6O. The summed E-state index contributed by atoms with van der Waals surface area (Å²) in [7, 11) is 0. The quantitative estimate of drug-likeness (QED) is 0.603. The van der Waals surface area contributed by atoms with Gasteiger partial charge in [-0.3, -0.25) is 0 Å². The van der Waals surface area contributed by atoms with Crippen molar-refractivity contribution in [2.45, 2.75) is 58.5 Å². The molecule has 19 heavy (non-hydrogen) atoms. The molecule has 0 bridgehead atoms. The summed E-state index contributed by atoms with van der Waals surface area (Å²) in [5, 5.41) is 0. The molecule has 0 aliphatic heterocycles.